The number of hydrogen-bond donors (Lipinski definition) is 0. The van der Waals surface area contributed by atoms with E-state index in [1.54, 1.807) is 5.19 Å². The van der Waals surface area contributed by atoms with Gasteiger partial charge in [-0.3, -0.25) is 0 Å². The third-order valence-corrected chi connectivity index (χ3v) is 5.17. The fourth-order valence-electron chi connectivity index (χ4n) is 2.09. The molecule has 84 valence electrons. The summed E-state index contributed by atoms with van der Waals surface area (Å²) in [5, 5.41) is 2.20. The molecule has 0 aliphatic heterocycles. The lowest BCUT2D eigenvalue weighted by molar-refractivity contribution is 0.550. The smallest absolute Gasteiger partial charge is 0.0603 e. The first-order chi connectivity index (χ1) is 7.14. The Morgan fingerprint density at radius 3 is 2.33 bits per heavy atom. The summed E-state index contributed by atoms with van der Waals surface area (Å²) in [6.45, 7) is 7.17. The van der Waals surface area contributed by atoms with Gasteiger partial charge in [0, 0.05) is 0 Å². The van der Waals surface area contributed by atoms with Crippen LogP contribution in [-0.4, -0.2) is 9.52 Å². The zero-order valence-corrected chi connectivity index (χ0v) is 11.8. The highest BCUT2D eigenvalue weighted by Gasteiger charge is 2.18. The molecule has 0 nitrogen and oxygen atoms in total. The van der Waals surface area contributed by atoms with E-state index in [9.17, 15) is 0 Å². The van der Waals surface area contributed by atoms with Gasteiger partial charge >= 0.3 is 0 Å². The van der Waals surface area contributed by atoms with Gasteiger partial charge in [-0.2, -0.15) is 0 Å². The van der Waals surface area contributed by atoms with Gasteiger partial charge in [0.2, 0.25) is 0 Å². The molecule has 0 spiro atoms. The Labute approximate surface area is 96.9 Å². The monoisotopic (exact) mass is 220 g/mol. The van der Waals surface area contributed by atoms with Crippen molar-refractivity contribution in [3.8, 4) is 0 Å². The molecular formula is C14H24Si. The summed E-state index contributed by atoms with van der Waals surface area (Å²) in [6, 6.07) is 11.1. The average Bonchev–Trinajstić information content (AvgIpc) is 2.18. The lowest BCUT2D eigenvalue weighted by atomic mass is 10.0. The van der Waals surface area contributed by atoms with Crippen molar-refractivity contribution in [2.45, 2.75) is 51.5 Å². The minimum Gasteiger partial charge on any atom is -0.0664 e. The highest BCUT2D eigenvalue weighted by Crippen LogP contribution is 2.29. The minimum absolute atomic E-state index is 0.111. The summed E-state index contributed by atoms with van der Waals surface area (Å²) in [5.74, 6) is 0. The second kappa shape index (κ2) is 6.11. The van der Waals surface area contributed by atoms with Crippen LogP contribution in [0.1, 0.15) is 46.5 Å². The maximum Gasteiger partial charge on any atom is 0.0603 e. The molecule has 0 saturated carbocycles. The molecule has 1 aromatic carbocycles. The molecule has 1 heteroatoms. The van der Waals surface area contributed by atoms with E-state index in [-0.39, 0.29) is 9.52 Å². The second-order valence-corrected chi connectivity index (χ2v) is 8.37. The predicted molar refractivity (Wildman–Crippen MR) is 72.8 cm³/mol. The van der Waals surface area contributed by atoms with Crippen LogP contribution in [0.4, 0.5) is 0 Å². The zero-order valence-electron chi connectivity index (χ0n) is 10.4. The van der Waals surface area contributed by atoms with Crippen molar-refractivity contribution in [2.24, 2.45) is 0 Å². The summed E-state index contributed by atoms with van der Waals surface area (Å²) < 4.78 is 0. The van der Waals surface area contributed by atoms with E-state index in [0.717, 1.165) is 0 Å². The average molecular weight is 220 g/mol. The van der Waals surface area contributed by atoms with Crippen LogP contribution in [0.25, 0.3) is 0 Å². The third kappa shape index (κ3) is 5.17. The fraction of sp³-hybridized carbons (Fsp3) is 0.571. The van der Waals surface area contributed by atoms with Crippen LogP contribution in [0, 0.1) is 0 Å². The van der Waals surface area contributed by atoms with Crippen molar-refractivity contribution in [3.63, 3.8) is 0 Å². The summed E-state index contributed by atoms with van der Waals surface area (Å²) in [7, 11) is -0.111. The van der Waals surface area contributed by atoms with Crippen molar-refractivity contribution in [2.75, 3.05) is 0 Å². The summed E-state index contributed by atoms with van der Waals surface area (Å²) in [6.07, 6.45) is 5.54. The maximum absolute atomic E-state index is 2.45. The van der Waals surface area contributed by atoms with E-state index in [2.05, 4.69) is 51.1 Å². The predicted octanol–water partition coefficient (Wildman–Crippen LogP) is 3.26. The summed E-state index contributed by atoms with van der Waals surface area (Å²) >= 11 is 0. The fourth-order valence-corrected chi connectivity index (χ4v) is 4.13. The van der Waals surface area contributed by atoms with Crippen molar-refractivity contribution >= 4 is 14.7 Å². The molecular weight excluding hydrogens is 196 g/mol. The highest BCUT2D eigenvalue weighted by molar-refractivity contribution is 6.56. The van der Waals surface area contributed by atoms with Gasteiger partial charge in [0.15, 0.2) is 0 Å². The van der Waals surface area contributed by atoms with Gasteiger partial charge in [-0.15, -0.1) is 0 Å². The maximum atomic E-state index is 2.45. The van der Waals surface area contributed by atoms with Crippen molar-refractivity contribution in [1.82, 2.24) is 0 Å². The molecule has 1 aromatic rings. The number of benzene rings is 1. The van der Waals surface area contributed by atoms with Crippen molar-refractivity contribution < 1.29 is 0 Å². The van der Waals surface area contributed by atoms with Crippen LogP contribution in [0.2, 0.25) is 5.04 Å². The van der Waals surface area contributed by atoms with E-state index in [0.29, 0.717) is 5.04 Å². The van der Waals surface area contributed by atoms with Crippen molar-refractivity contribution in [3.05, 3.63) is 30.3 Å². The molecule has 0 fully saturated rings. The number of hydrogen-bond acceptors (Lipinski definition) is 0. The van der Waals surface area contributed by atoms with Crippen LogP contribution in [-0.2, 0) is 0 Å². The van der Waals surface area contributed by atoms with Gasteiger partial charge in [-0.1, -0.05) is 82.0 Å². The SMILES string of the molecule is CCCCCC(C)(C)[SiH2]c1ccccc1. The van der Waals surface area contributed by atoms with Gasteiger partial charge in [-0.05, 0) is 5.04 Å². The van der Waals surface area contributed by atoms with E-state index in [4.69, 9.17) is 0 Å². The molecule has 0 saturated heterocycles. The Balaban J connectivity index is 2.42. The molecule has 0 amide bonds. The number of rotatable bonds is 6. The normalized spacial score (nSPS) is 12.5. The molecule has 0 heterocycles. The van der Waals surface area contributed by atoms with Crippen LogP contribution in [0.3, 0.4) is 0 Å². The standard InChI is InChI=1S/C14H24Si/c1-4-5-9-12-14(2,3)15-13-10-7-6-8-11-13/h6-8,10-11H,4-5,9,12,15H2,1-3H3. The van der Waals surface area contributed by atoms with E-state index in [1.165, 1.54) is 25.7 Å². The molecule has 0 aliphatic carbocycles. The van der Waals surface area contributed by atoms with Gasteiger partial charge in [0.05, 0.1) is 9.52 Å². The van der Waals surface area contributed by atoms with Crippen LogP contribution >= 0.6 is 0 Å². The summed E-state index contributed by atoms with van der Waals surface area (Å²) in [4.78, 5) is 0. The van der Waals surface area contributed by atoms with Crippen LogP contribution in [0.15, 0.2) is 30.3 Å². The third-order valence-electron chi connectivity index (χ3n) is 2.98. The second-order valence-electron chi connectivity index (χ2n) is 5.28. The Hall–Kier alpha value is -0.563. The first kappa shape index (κ1) is 12.5. The lowest BCUT2D eigenvalue weighted by Crippen LogP contribution is -2.25. The Kier molecular flexibility index (Phi) is 5.10. The lowest BCUT2D eigenvalue weighted by Gasteiger charge is -2.24. The van der Waals surface area contributed by atoms with Crippen molar-refractivity contribution in [1.29, 1.82) is 0 Å². The van der Waals surface area contributed by atoms with Crippen LogP contribution < -0.4 is 5.19 Å². The largest absolute Gasteiger partial charge is 0.0664 e. The molecule has 0 aromatic heterocycles. The number of unbranched alkanes of at least 4 members (excludes halogenated alkanes) is 2. The molecule has 0 atom stereocenters. The Bertz CT molecular complexity index is 264. The molecule has 15 heavy (non-hydrogen) atoms. The molecule has 1 rings (SSSR count). The highest BCUT2D eigenvalue weighted by atomic mass is 28.2. The molecule has 0 aliphatic rings. The van der Waals surface area contributed by atoms with E-state index < -0.39 is 0 Å². The van der Waals surface area contributed by atoms with Gasteiger partial charge in [0.25, 0.3) is 0 Å². The molecule has 0 N–H and O–H groups in total. The Morgan fingerprint density at radius 2 is 1.73 bits per heavy atom. The minimum atomic E-state index is -0.111. The van der Waals surface area contributed by atoms with Gasteiger partial charge in [-0.25, -0.2) is 0 Å². The topological polar surface area (TPSA) is 0 Å². The Morgan fingerprint density at radius 1 is 1.07 bits per heavy atom. The first-order valence-electron chi connectivity index (χ1n) is 6.18. The van der Waals surface area contributed by atoms with Gasteiger partial charge < -0.3 is 0 Å². The van der Waals surface area contributed by atoms with E-state index >= 15 is 0 Å². The van der Waals surface area contributed by atoms with Crippen LogP contribution in [0.5, 0.6) is 0 Å². The van der Waals surface area contributed by atoms with Gasteiger partial charge in [0.1, 0.15) is 0 Å². The zero-order chi connectivity index (χ0) is 11.1. The summed E-state index contributed by atoms with van der Waals surface area (Å²) in [5.41, 5.74) is 0. The molecule has 0 radical (unpaired) electrons. The molecule has 0 unspecified atom stereocenters. The molecule has 0 bridgehead atoms. The van der Waals surface area contributed by atoms with E-state index in [1.807, 2.05) is 0 Å². The first-order valence-corrected chi connectivity index (χ1v) is 7.59. The quantitative estimate of drug-likeness (QED) is 0.510.